The largest absolute Gasteiger partial charge is 0.486 e. The summed E-state index contributed by atoms with van der Waals surface area (Å²) in [6.07, 6.45) is 0.440. The van der Waals surface area contributed by atoms with Crippen molar-refractivity contribution in [1.29, 1.82) is 0 Å². The van der Waals surface area contributed by atoms with Gasteiger partial charge < -0.3 is 14.6 Å². The summed E-state index contributed by atoms with van der Waals surface area (Å²) < 4.78 is 11.4. The molecule has 0 spiro atoms. The maximum absolute atomic E-state index is 12.5. The molecule has 0 amide bonds. The lowest BCUT2D eigenvalue weighted by molar-refractivity contribution is -0.150. The first-order valence-corrected chi connectivity index (χ1v) is 9.94. The highest BCUT2D eigenvalue weighted by Crippen LogP contribution is 2.19. The molecule has 0 bridgehead atoms. The lowest BCUT2D eigenvalue weighted by Gasteiger charge is -2.28. The molecule has 0 heterocycles. The minimum atomic E-state index is -1.02. The number of ketones is 2. The third-order valence-electron chi connectivity index (χ3n) is 4.76. The van der Waals surface area contributed by atoms with Gasteiger partial charge in [-0.2, -0.15) is 0 Å². The predicted molar refractivity (Wildman–Crippen MR) is 112 cm³/mol. The molecule has 0 saturated carbocycles. The Bertz CT molecular complexity index is 796. The summed E-state index contributed by atoms with van der Waals surface area (Å²) in [6, 6.07) is 15.8. The Balaban J connectivity index is 1.90. The van der Waals surface area contributed by atoms with E-state index in [4.69, 9.17) is 9.47 Å². The summed E-state index contributed by atoms with van der Waals surface area (Å²) in [5.74, 6) is 0.249. The van der Waals surface area contributed by atoms with Crippen LogP contribution in [0, 0.1) is 0 Å². The van der Waals surface area contributed by atoms with Gasteiger partial charge in [0.1, 0.15) is 18.0 Å². The smallest absolute Gasteiger partial charge is 0.201 e. The minimum Gasteiger partial charge on any atom is -0.486 e. The number of hydrogen-bond acceptors (Lipinski definition) is 5. The molecule has 2 aromatic carbocycles. The zero-order chi connectivity index (χ0) is 21.4. The molecule has 2 unspecified atom stereocenters. The van der Waals surface area contributed by atoms with Gasteiger partial charge >= 0.3 is 0 Å². The molecule has 5 heteroatoms. The molecule has 0 aliphatic rings. The summed E-state index contributed by atoms with van der Waals surface area (Å²) >= 11 is 0. The summed E-state index contributed by atoms with van der Waals surface area (Å²) in [4.78, 5) is 24.9. The van der Waals surface area contributed by atoms with Crippen LogP contribution in [0.15, 0.2) is 54.6 Å². The van der Waals surface area contributed by atoms with Crippen LogP contribution in [0.5, 0.6) is 5.75 Å². The molecule has 2 atom stereocenters. The topological polar surface area (TPSA) is 72.8 Å². The average molecular weight is 398 g/mol. The number of aliphatic hydroxyl groups excluding tert-OH is 1. The lowest BCUT2D eigenvalue weighted by atomic mass is 10.0. The van der Waals surface area contributed by atoms with E-state index in [1.807, 2.05) is 32.0 Å². The van der Waals surface area contributed by atoms with Crippen molar-refractivity contribution in [2.24, 2.45) is 0 Å². The van der Waals surface area contributed by atoms with E-state index in [0.29, 0.717) is 29.7 Å². The van der Waals surface area contributed by atoms with Crippen LogP contribution >= 0.6 is 0 Å². The molecule has 1 N–H and O–H groups in total. The van der Waals surface area contributed by atoms with Gasteiger partial charge in [0.25, 0.3) is 0 Å². The molecule has 0 saturated heterocycles. The van der Waals surface area contributed by atoms with Crippen molar-refractivity contribution >= 4 is 11.6 Å². The maximum Gasteiger partial charge on any atom is 0.201 e. The molecule has 5 nitrogen and oxygen atoms in total. The molecule has 0 aliphatic carbocycles. The molecule has 0 fully saturated rings. The number of ether oxygens (including phenoxy) is 2. The van der Waals surface area contributed by atoms with Gasteiger partial charge in [0.2, 0.25) is 5.78 Å². The second-order valence-corrected chi connectivity index (χ2v) is 7.67. The van der Waals surface area contributed by atoms with Crippen LogP contribution in [0.1, 0.15) is 56.5 Å². The summed E-state index contributed by atoms with van der Waals surface area (Å²) in [5.41, 5.74) is 0.162. The molecule has 2 aromatic rings. The molecule has 0 aromatic heterocycles. The van der Waals surface area contributed by atoms with Gasteiger partial charge in [-0.05, 0) is 57.9 Å². The van der Waals surface area contributed by atoms with Crippen molar-refractivity contribution in [3.05, 3.63) is 65.7 Å². The summed E-state index contributed by atoms with van der Waals surface area (Å²) in [7, 11) is 0. The number of rotatable bonds is 11. The van der Waals surface area contributed by atoms with Crippen LogP contribution in [0.3, 0.4) is 0 Å². The van der Waals surface area contributed by atoms with Gasteiger partial charge in [0.05, 0.1) is 12.2 Å². The Morgan fingerprint density at radius 1 is 1.00 bits per heavy atom. The number of aliphatic hydroxyl groups is 1. The van der Waals surface area contributed by atoms with Crippen LogP contribution in [0.2, 0.25) is 0 Å². The van der Waals surface area contributed by atoms with Crippen molar-refractivity contribution in [2.75, 3.05) is 6.61 Å². The van der Waals surface area contributed by atoms with Crippen molar-refractivity contribution in [3.63, 3.8) is 0 Å². The van der Waals surface area contributed by atoms with Gasteiger partial charge in [0, 0.05) is 11.1 Å². The van der Waals surface area contributed by atoms with E-state index in [1.54, 1.807) is 50.2 Å². The lowest BCUT2D eigenvalue weighted by Crippen LogP contribution is -2.41. The monoisotopic (exact) mass is 398 g/mol. The zero-order valence-corrected chi connectivity index (χ0v) is 17.6. The van der Waals surface area contributed by atoms with Crippen molar-refractivity contribution in [3.8, 4) is 5.75 Å². The Hall–Kier alpha value is -2.50. The molecule has 156 valence electrons. The molecular weight excluding hydrogens is 368 g/mol. The van der Waals surface area contributed by atoms with Gasteiger partial charge in [0.15, 0.2) is 5.78 Å². The Morgan fingerprint density at radius 2 is 1.59 bits per heavy atom. The van der Waals surface area contributed by atoms with Crippen LogP contribution < -0.4 is 4.74 Å². The van der Waals surface area contributed by atoms with Crippen molar-refractivity contribution in [1.82, 2.24) is 0 Å². The fourth-order valence-corrected chi connectivity index (χ4v) is 2.95. The quantitative estimate of drug-likeness (QED) is 0.574. The van der Waals surface area contributed by atoms with E-state index in [0.717, 1.165) is 0 Å². The molecule has 0 radical (unpaired) electrons. The van der Waals surface area contributed by atoms with Gasteiger partial charge in [-0.3, -0.25) is 9.59 Å². The first-order valence-electron chi connectivity index (χ1n) is 9.94. The number of hydrogen-bond donors (Lipinski definition) is 1. The highest BCUT2D eigenvalue weighted by molar-refractivity contribution is 6.09. The second kappa shape index (κ2) is 10.3. The highest BCUT2D eigenvalue weighted by Gasteiger charge is 2.31. The van der Waals surface area contributed by atoms with Crippen LogP contribution in [-0.4, -0.2) is 41.1 Å². The molecule has 0 aliphatic heterocycles. The molecule has 29 heavy (non-hydrogen) atoms. The number of carbonyl (C=O) groups is 2. The fraction of sp³-hybridized carbons (Fsp3) is 0.417. The third-order valence-corrected chi connectivity index (χ3v) is 4.76. The standard InChI is InChI=1S/C24H30O5/c1-5-20(25)15-17(2)29-24(3,4)22(26)16-28-21-13-11-19(12-14-21)23(27)18-9-7-6-8-10-18/h6-14,17,20,25H,5,15-16H2,1-4H3. The number of carbonyl (C=O) groups excluding carboxylic acids is 2. The predicted octanol–water partition coefficient (Wildman–Crippen LogP) is 4.21. The van der Waals surface area contributed by atoms with E-state index < -0.39 is 11.7 Å². The Labute approximate surface area is 172 Å². The van der Waals surface area contributed by atoms with Crippen LogP contribution in [0.4, 0.5) is 0 Å². The van der Waals surface area contributed by atoms with Gasteiger partial charge in [-0.25, -0.2) is 0 Å². The van der Waals surface area contributed by atoms with Gasteiger partial charge in [-0.1, -0.05) is 37.3 Å². The van der Waals surface area contributed by atoms with E-state index in [2.05, 4.69) is 0 Å². The Kier molecular flexibility index (Phi) is 8.11. The van der Waals surface area contributed by atoms with E-state index >= 15 is 0 Å². The summed E-state index contributed by atoms with van der Waals surface area (Å²) in [6.45, 7) is 7.02. The first kappa shape index (κ1) is 22.8. The second-order valence-electron chi connectivity index (χ2n) is 7.67. The van der Waals surface area contributed by atoms with Crippen LogP contribution in [0.25, 0.3) is 0 Å². The molecular formula is C24H30O5. The van der Waals surface area contributed by atoms with Crippen molar-refractivity contribution < 1.29 is 24.2 Å². The third kappa shape index (κ3) is 6.80. The SMILES string of the molecule is CCC(O)CC(C)OC(C)(C)C(=O)COc1ccc(C(=O)c2ccccc2)cc1. The number of Topliss-reactive ketones (excluding diaryl/α,β-unsaturated/α-hetero) is 1. The van der Waals surface area contributed by atoms with E-state index in [-0.39, 0.29) is 24.3 Å². The van der Waals surface area contributed by atoms with Crippen LogP contribution in [-0.2, 0) is 9.53 Å². The normalized spacial score (nSPS) is 13.6. The van der Waals surface area contributed by atoms with Crippen molar-refractivity contribution in [2.45, 2.75) is 58.3 Å². The van der Waals surface area contributed by atoms with E-state index in [9.17, 15) is 14.7 Å². The average Bonchev–Trinajstić information content (AvgIpc) is 2.71. The fourth-order valence-electron chi connectivity index (χ4n) is 2.95. The maximum atomic E-state index is 12.5. The minimum absolute atomic E-state index is 0.0639. The van der Waals surface area contributed by atoms with E-state index in [1.165, 1.54) is 0 Å². The van der Waals surface area contributed by atoms with Gasteiger partial charge in [-0.15, -0.1) is 0 Å². The highest BCUT2D eigenvalue weighted by atomic mass is 16.5. The zero-order valence-electron chi connectivity index (χ0n) is 17.6. The first-order chi connectivity index (χ1) is 13.7. The summed E-state index contributed by atoms with van der Waals surface area (Å²) in [5, 5.41) is 9.74. The number of benzene rings is 2. The Morgan fingerprint density at radius 3 is 2.17 bits per heavy atom. The molecule has 2 rings (SSSR count).